The first-order chi connectivity index (χ1) is 20.5. The van der Waals surface area contributed by atoms with Gasteiger partial charge in [0.1, 0.15) is 12.7 Å². The van der Waals surface area contributed by atoms with Gasteiger partial charge in [0.25, 0.3) is 0 Å². The van der Waals surface area contributed by atoms with Gasteiger partial charge in [0.05, 0.1) is 17.3 Å². The summed E-state index contributed by atoms with van der Waals surface area (Å²) in [4.78, 5) is 28.4. The van der Waals surface area contributed by atoms with E-state index in [0.717, 1.165) is 24.0 Å². The second-order valence-corrected chi connectivity index (χ2v) is 11.4. The number of nitrogens with one attached hydrogen (secondary N) is 1. The van der Waals surface area contributed by atoms with Gasteiger partial charge in [-0.2, -0.15) is 0 Å². The third kappa shape index (κ3) is 4.85. The maximum Gasteiger partial charge on any atom is 0.338 e. The highest BCUT2D eigenvalue weighted by atomic mass is 16.6. The Bertz CT molecular complexity index is 1650. The van der Waals surface area contributed by atoms with Crippen LogP contribution in [0.15, 0.2) is 97.1 Å². The van der Waals surface area contributed by atoms with Crippen LogP contribution in [0.2, 0.25) is 0 Å². The van der Waals surface area contributed by atoms with E-state index in [0.29, 0.717) is 42.2 Å². The molecular formula is C35H32N2O5. The number of amides is 2. The van der Waals surface area contributed by atoms with Gasteiger partial charge >= 0.3 is 12.0 Å². The van der Waals surface area contributed by atoms with Gasteiger partial charge in [0.2, 0.25) is 0 Å². The van der Waals surface area contributed by atoms with Crippen molar-refractivity contribution < 1.29 is 23.8 Å². The number of para-hydroxylation sites is 1. The summed E-state index contributed by atoms with van der Waals surface area (Å²) < 4.78 is 18.8. The number of nitrogens with zero attached hydrogens (tertiary/aromatic N) is 1. The highest BCUT2D eigenvalue weighted by Gasteiger charge is 2.50. The third-order valence-electron chi connectivity index (χ3n) is 8.42. The molecule has 212 valence electrons. The monoisotopic (exact) mass is 560 g/mol. The molecule has 2 bridgehead atoms. The van der Waals surface area contributed by atoms with Crippen molar-refractivity contribution in [3.8, 4) is 11.5 Å². The molecule has 7 heteroatoms. The second kappa shape index (κ2) is 10.6. The Kier molecular flexibility index (Phi) is 6.57. The number of hydrogen-bond acceptors (Lipinski definition) is 5. The fourth-order valence-electron chi connectivity index (χ4n) is 6.36. The van der Waals surface area contributed by atoms with E-state index in [2.05, 4.69) is 17.4 Å². The Labute approximate surface area is 245 Å². The predicted molar refractivity (Wildman–Crippen MR) is 159 cm³/mol. The zero-order valence-electron chi connectivity index (χ0n) is 23.4. The number of benzene rings is 4. The van der Waals surface area contributed by atoms with Gasteiger partial charge in [-0.3, -0.25) is 4.90 Å². The molecule has 4 aromatic rings. The van der Waals surface area contributed by atoms with Gasteiger partial charge in [-0.05, 0) is 60.7 Å². The van der Waals surface area contributed by atoms with E-state index in [4.69, 9.17) is 14.2 Å². The highest BCUT2D eigenvalue weighted by Crippen LogP contribution is 2.49. The van der Waals surface area contributed by atoms with Gasteiger partial charge in [-0.15, -0.1) is 0 Å². The van der Waals surface area contributed by atoms with Crippen molar-refractivity contribution in [2.75, 3.05) is 4.90 Å². The lowest BCUT2D eigenvalue weighted by Gasteiger charge is -2.50. The number of ether oxygens (including phenoxy) is 3. The fraction of sp³-hybridized carbons (Fsp3) is 0.257. The van der Waals surface area contributed by atoms with E-state index in [1.165, 1.54) is 11.1 Å². The summed E-state index contributed by atoms with van der Waals surface area (Å²) in [6.07, 6.45) is 2.73. The molecule has 0 saturated carbocycles. The zero-order valence-corrected chi connectivity index (χ0v) is 23.4. The first-order valence-corrected chi connectivity index (χ1v) is 14.4. The van der Waals surface area contributed by atoms with Gasteiger partial charge in [-0.1, -0.05) is 72.8 Å². The van der Waals surface area contributed by atoms with Crippen molar-refractivity contribution in [1.82, 2.24) is 5.32 Å². The number of urea groups is 1. The fourth-order valence-corrected chi connectivity index (χ4v) is 6.36. The lowest BCUT2D eigenvalue weighted by Crippen LogP contribution is -2.65. The number of carbonyl (C=O) groups is 2. The first-order valence-electron chi connectivity index (χ1n) is 14.4. The molecular weight excluding hydrogens is 528 g/mol. The molecule has 3 unspecified atom stereocenters. The van der Waals surface area contributed by atoms with Crippen LogP contribution in [-0.2, 0) is 24.2 Å². The minimum Gasteiger partial charge on any atom is -0.485 e. The van der Waals surface area contributed by atoms with Crippen LogP contribution < -0.4 is 19.7 Å². The summed E-state index contributed by atoms with van der Waals surface area (Å²) in [5, 5.41) is 3.14. The quantitative estimate of drug-likeness (QED) is 0.264. The van der Waals surface area contributed by atoms with Gasteiger partial charge in [-0.25, -0.2) is 9.59 Å². The lowest BCUT2D eigenvalue weighted by molar-refractivity contribution is 0.0267. The minimum absolute atomic E-state index is 0.180. The Morgan fingerprint density at radius 1 is 0.976 bits per heavy atom. The Morgan fingerprint density at radius 2 is 1.76 bits per heavy atom. The maximum atomic E-state index is 13.5. The van der Waals surface area contributed by atoms with Crippen molar-refractivity contribution in [2.45, 2.75) is 57.1 Å². The number of carbonyl (C=O) groups excluding carboxylic acids is 2. The highest BCUT2D eigenvalue weighted by molar-refractivity contribution is 5.97. The average Bonchev–Trinajstić information content (AvgIpc) is 3.00. The molecule has 2 aliphatic heterocycles. The molecule has 42 heavy (non-hydrogen) atoms. The molecule has 1 aliphatic carbocycles. The Morgan fingerprint density at radius 3 is 2.62 bits per heavy atom. The number of hydrogen-bond donors (Lipinski definition) is 1. The van der Waals surface area contributed by atoms with Crippen LogP contribution in [0, 0.1) is 0 Å². The van der Waals surface area contributed by atoms with Crippen molar-refractivity contribution in [3.63, 3.8) is 0 Å². The predicted octanol–water partition coefficient (Wildman–Crippen LogP) is 6.75. The van der Waals surface area contributed by atoms with Gasteiger partial charge < -0.3 is 19.5 Å². The average molecular weight is 561 g/mol. The van der Waals surface area contributed by atoms with Crippen LogP contribution in [-0.4, -0.2) is 23.8 Å². The number of rotatable bonds is 6. The number of esters is 1. The third-order valence-corrected chi connectivity index (χ3v) is 8.42. The van der Waals surface area contributed by atoms with Crippen LogP contribution in [0.3, 0.4) is 0 Å². The Hall–Kier alpha value is -4.78. The van der Waals surface area contributed by atoms with Crippen LogP contribution >= 0.6 is 0 Å². The minimum atomic E-state index is -0.998. The molecule has 7 nitrogen and oxygen atoms in total. The molecule has 0 aromatic heterocycles. The van der Waals surface area contributed by atoms with Gasteiger partial charge in [0.15, 0.2) is 17.2 Å². The van der Waals surface area contributed by atoms with E-state index in [1.54, 1.807) is 23.1 Å². The summed E-state index contributed by atoms with van der Waals surface area (Å²) in [7, 11) is 0. The number of fused-ring (bicyclic) bond motifs is 5. The van der Waals surface area contributed by atoms with Crippen molar-refractivity contribution in [1.29, 1.82) is 0 Å². The second-order valence-electron chi connectivity index (χ2n) is 11.4. The summed E-state index contributed by atoms with van der Waals surface area (Å²) in [6, 6.07) is 30.5. The molecule has 4 aromatic carbocycles. The van der Waals surface area contributed by atoms with E-state index in [1.807, 2.05) is 73.7 Å². The number of aryl methyl sites for hydroxylation is 1. The van der Waals surface area contributed by atoms with E-state index in [9.17, 15) is 9.59 Å². The smallest absolute Gasteiger partial charge is 0.338 e. The van der Waals surface area contributed by atoms with Crippen LogP contribution in [0.25, 0.3) is 0 Å². The summed E-state index contributed by atoms with van der Waals surface area (Å²) in [5.74, 6) is 0.841. The molecule has 1 saturated heterocycles. The van der Waals surface area contributed by atoms with E-state index >= 15 is 0 Å². The van der Waals surface area contributed by atoms with Crippen molar-refractivity contribution in [2.24, 2.45) is 0 Å². The van der Waals surface area contributed by atoms with E-state index < -0.39 is 11.7 Å². The molecule has 2 heterocycles. The van der Waals surface area contributed by atoms with Crippen LogP contribution in [0.4, 0.5) is 10.5 Å². The van der Waals surface area contributed by atoms with Crippen molar-refractivity contribution in [3.05, 3.63) is 125 Å². The molecule has 0 radical (unpaired) electrons. The van der Waals surface area contributed by atoms with Crippen LogP contribution in [0.1, 0.15) is 58.4 Å². The van der Waals surface area contributed by atoms with Crippen LogP contribution in [0.5, 0.6) is 11.5 Å². The Balaban J connectivity index is 1.12. The summed E-state index contributed by atoms with van der Waals surface area (Å²) >= 11 is 0. The normalized spacial score (nSPS) is 22.2. The topological polar surface area (TPSA) is 77.1 Å². The molecule has 3 aliphatic rings. The number of anilines is 1. The summed E-state index contributed by atoms with van der Waals surface area (Å²) in [6.45, 7) is 2.30. The maximum absolute atomic E-state index is 13.5. The summed E-state index contributed by atoms with van der Waals surface area (Å²) in [5.41, 5.74) is 4.44. The standard InChI is InChI=1S/C35H32N2O5/c1-35-21-30(29-15-8-16-31(32(29)42-35)40-22-23-9-3-2-4-10-23)36-34(39)37(35)27-14-7-13-26(19-27)33(38)41-28-18-17-24-11-5-6-12-25(24)20-28/h2-16,19,28,30H,17-18,20-22H2,1H3,(H,36,39). The molecule has 1 N–H and O–H groups in total. The molecule has 1 fully saturated rings. The van der Waals surface area contributed by atoms with E-state index in [-0.39, 0.29) is 18.2 Å². The zero-order chi connectivity index (χ0) is 28.7. The van der Waals surface area contributed by atoms with Crippen molar-refractivity contribution >= 4 is 17.7 Å². The molecule has 2 amide bonds. The first kappa shape index (κ1) is 26.1. The lowest BCUT2D eigenvalue weighted by atomic mass is 9.89. The SMILES string of the molecule is CC12CC(NC(=O)N1c1cccc(C(=O)OC3CCc4ccccc4C3)c1)c1cccc(OCc3ccccc3)c1O2. The molecule has 3 atom stereocenters. The van der Waals surface area contributed by atoms with Gasteiger partial charge in [0, 0.05) is 18.4 Å². The molecule has 0 spiro atoms. The largest absolute Gasteiger partial charge is 0.485 e. The molecule has 7 rings (SSSR count).